The minimum Gasteiger partial charge on any atom is -0.352 e. The molecule has 0 fully saturated rings. The van der Waals surface area contributed by atoms with E-state index in [4.69, 9.17) is 5.10 Å². The summed E-state index contributed by atoms with van der Waals surface area (Å²) in [5.74, 6) is -0.0608. The first kappa shape index (κ1) is 18.2. The fourth-order valence-corrected chi connectivity index (χ4v) is 2.49. The van der Waals surface area contributed by atoms with Crippen LogP contribution in [0.2, 0.25) is 0 Å². The molecule has 1 aromatic carbocycles. The minimum atomic E-state index is -0.201. The number of amides is 1. The largest absolute Gasteiger partial charge is 0.352 e. The van der Waals surface area contributed by atoms with Crippen molar-refractivity contribution in [2.24, 2.45) is 0 Å². The molecule has 0 unspecified atom stereocenters. The number of carbonyl (C=O) groups excluding carboxylic acids is 1. The quantitative estimate of drug-likeness (QED) is 0.802. The van der Waals surface area contributed by atoms with E-state index in [2.05, 4.69) is 38.3 Å². The van der Waals surface area contributed by atoms with Gasteiger partial charge < -0.3 is 10.6 Å². The molecule has 24 heavy (non-hydrogen) atoms. The second-order valence-corrected chi connectivity index (χ2v) is 7.13. The van der Waals surface area contributed by atoms with E-state index in [1.54, 1.807) is 4.68 Å². The predicted molar refractivity (Wildman–Crippen MR) is 97.9 cm³/mol. The third-order valence-electron chi connectivity index (χ3n) is 3.86. The van der Waals surface area contributed by atoms with Gasteiger partial charge in [-0.2, -0.15) is 5.10 Å². The van der Waals surface area contributed by atoms with Crippen LogP contribution in [0.1, 0.15) is 48.8 Å². The fraction of sp³-hybridized carbons (Fsp3) is 0.474. The molecule has 0 saturated carbocycles. The predicted octanol–water partition coefficient (Wildman–Crippen LogP) is 2.82. The Hall–Kier alpha value is -2.14. The molecular weight excluding hydrogens is 300 g/mol. The van der Waals surface area contributed by atoms with Gasteiger partial charge in [0, 0.05) is 18.2 Å². The number of aryl methyl sites for hydroxylation is 1. The average Bonchev–Trinajstić information content (AvgIpc) is 2.98. The zero-order valence-corrected chi connectivity index (χ0v) is 15.3. The van der Waals surface area contributed by atoms with Crippen molar-refractivity contribution < 1.29 is 4.79 Å². The maximum atomic E-state index is 12.6. The third kappa shape index (κ3) is 4.45. The zero-order chi connectivity index (χ0) is 17.7. The van der Waals surface area contributed by atoms with Gasteiger partial charge >= 0.3 is 0 Å². The molecule has 5 heteroatoms. The lowest BCUT2D eigenvalue weighted by Crippen LogP contribution is -2.28. The minimum absolute atomic E-state index is 0.0608. The van der Waals surface area contributed by atoms with E-state index >= 15 is 0 Å². The molecule has 0 bridgehead atoms. The molecule has 0 aliphatic carbocycles. The van der Waals surface area contributed by atoms with Crippen molar-refractivity contribution in [1.82, 2.24) is 20.4 Å². The molecule has 1 heterocycles. The molecule has 2 rings (SSSR count). The average molecular weight is 328 g/mol. The van der Waals surface area contributed by atoms with Crippen LogP contribution >= 0.6 is 0 Å². The van der Waals surface area contributed by atoms with Crippen molar-refractivity contribution >= 4 is 5.91 Å². The summed E-state index contributed by atoms with van der Waals surface area (Å²) in [5, 5.41) is 10.8. The SMILES string of the molecule is CNCCCNC(=O)c1cn(-c2ccc(C)cc2)nc1C(C)(C)C. The molecule has 0 saturated heterocycles. The Balaban J connectivity index is 2.28. The van der Waals surface area contributed by atoms with Gasteiger partial charge in [-0.1, -0.05) is 38.5 Å². The first-order chi connectivity index (χ1) is 11.3. The summed E-state index contributed by atoms with van der Waals surface area (Å²) in [4.78, 5) is 12.6. The van der Waals surface area contributed by atoms with Gasteiger partial charge in [-0.15, -0.1) is 0 Å². The van der Waals surface area contributed by atoms with Crippen molar-refractivity contribution in [3.63, 3.8) is 0 Å². The summed E-state index contributed by atoms with van der Waals surface area (Å²) in [7, 11) is 1.91. The molecule has 2 aromatic rings. The zero-order valence-electron chi connectivity index (χ0n) is 15.3. The van der Waals surface area contributed by atoms with Crippen LogP contribution in [0, 0.1) is 6.92 Å². The van der Waals surface area contributed by atoms with Crippen molar-refractivity contribution in [1.29, 1.82) is 0 Å². The van der Waals surface area contributed by atoms with Crippen molar-refractivity contribution in [3.05, 3.63) is 47.3 Å². The van der Waals surface area contributed by atoms with Crippen LogP contribution in [0.15, 0.2) is 30.5 Å². The second kappa shape index (κ2) is 7.62. The van der Waals surface area contributed by atoms with Gasteiger partial charge in [-0.25, -0.2) is 4.68 Å². The van der Waals surface area contributed by atoms with Gasteiger partial charge in [-0.05, 0) is 39.1 Å². The molecule has 0 radical (unpaired) electrons. The molecule has 0 spiro atoms. The Kier molecular flexibility index (Phi) is 5.78. The summed E-state index contributed by atoms with van der Waals surface area (Å²) in [6.45, 7) is 9.82. The molecule has 0 atom stereocenters. The Labute approximate surface area is 144 Å². The van der Waals surface area contributed by atoms with Crippen LogP contribution in [-0.2, 0) is 5.41 Å². The molecule has 0 aliphatic rings. The maximum absolute atomic E-state index is 12.6. The standard InChI is InChI=1S/C19H28N4O/c1-14-7-9-15(10-8-14)23-13-16(17(22-23)19(2,3)4)18(24)21-12-6-11-20-5/h7-10,13,20H,6,11-12H2,1-5H3,(H,21,24). The molecule has 1 aromatic heterocycles. The number of rotatable bonds is 6. The molecule has 1 amide bonds. The lowest BCUT2D eigenvalue weighted by Gasteiger charge is -2.17. The van der Waals surface area contributed by atoms with Gasteiger partial charge in [0.25, 0.3) is 5.91 Å². The summed E-state index contributed by atoms with van der Waals surface area (Å²) in [5.41, 5.74) is 3.42. The number of nitrogens with one attached hydrogen (secondary N) is 2. The Morgan fingerprint density at radius 3 is 2.42 bits per heavy atom. The number of hydrogen-bond acceptors (Lipinski definition) is 3. The van der Waals surface area contributed by atoms with E-state index in [-0.39, 0.29) is 11.3 Å². The first-order valence-electron chi connectivity index (χ1n) is 8.43. The van der Waals surface area contributed by atoms with E-state index in [9.17, 15) is 4.79 Å². The number of carbonyl (C=O) groups is 1. The number of nitrogens with zero attached hydrogens (tertiary/aromatic N) is 2. The normalized spacial score (nSPS) is 11.5. The van der Waals surface area contributed by atoms with Crippen LogP contribution in [0.4, 0.5) is 0 Å². The number of benzene rings is 1. The van der Waals surface area contributed by atoms with Gasteiger partial charge in [0.05, 0.1) is 16.9 Å². The topological polar surface area (TPSA) is 58.9 Å². The van der Waals surface area contributed by atoms with Crippen LogP contribution < -0.4 is 10.6 Å². The van der Waals surface area contributed by atoms with E-state index in [1.807, 2.05) is 37.5 Å². The highest BCUT2D eigenvalue weighted by molar-refractivity contribution is 5.95. The summed E-state index contributed by atoms with van der Waals surface area (Å²) < 4.78 is 1.79. The summed E-state index contributed by atoms with van der Waals surface area (Å²) >= 11 is 0. The van der Waals surface area contributed by atoms with Crippen molar-refractivity contribution in [2.45, 2.75) is 39.5 Å². The molecule has 130 valence electrons. The molecule has 0 aliphatic heterocycles. The lowest BCUT2D eigenvalue weighted by atomic mass is 9.89. The van der Waals surface area contributed by atoms with Crippen LogP contribution in [0.5, 0.6) is 0 Å². The monoisotopic (exact) mass is 328 g/mol. The Bertz CT molecular complexity index is 680. The number of hydrogen-bond donors (Lipinski definition) is 2. The van der Waals surface area contributed by atoms with Gasteiger partial charge in [0.2, 0.25) is 0 Å². The highest BCUT2D eigenvalue weighted by Gasteiger charge is 2.26. The highest BCUT2D eigenvalue weighted by atomic mass is 16.1. The van der Waals surface area contributed by atoms with E-state index in [1.165, 1.54) is 5.56 Å². The van der Waals surface area contributed by atoms with E-state index in [0.29, 0.717) is 12.1 Å². The van der Waals surface area contributed by atoms with Crippen molar-refractivity contribution in [3.8, 4) is 5.69 Å². The van der Waals surface area contributed by atoms with Crippen LogP contribution in [-0.4, -0.2) is 35.8 Å². The third-order valence-corrected chi connectivity index (χ3v) is 3.86. The Morgan fingerprint density at radius 1 is 1.17 bits per heavy atom. The van der Waals surface area contributed by atoms with Gasteiger partial charge in [0.1, 0.15) is 0 Å². The van der Waals surface area contributed by atoms with Gasteiger partial charge in [0.15, 0.2) is 0 Å². The second-order valence-electron chi connectivity index (χ2n) is 7.13. The molecular formula is C19H28N4O. The summed E-state index contributed by atoms with van der Waals surface area (Å²) in [6, 6.07) is 8.13. The summed E-state index contributed by atoms with van der Waals surface area (Å²) in [6.07, 6.45) is 2.73. The Morgan fingerprint density at radius 2 is 1.83 bits per heavy atom. The smallest absolute Gasteiger partial charge is 0.254 e. The molecule has 2 N–H and O–H groups in total. The first-order valence-corrected chi connectivity index (χ1v) is 8.43. The van der Waals surface area contributed by atoms with Crippen LogP contribution in [0.25, 0.3) is 5.69 Å². The van der Waals surface area contributed by atoms with Crippen molar-refractivity contribution in [2.75, 3.05) is 20.1 Å². The van der Waals surface area contributed by atoms with E-state index in [0.717, 1.165) is 24.3 Å². The van der Waals surface area contributed by atoms with Crippen LogP contribution in [0.3, 0.4) is 0 Å². The maximum Gasteiger partial charge on any atom is 0.254 e. The highest BCUT2D eigenvalue weighted by Crippen LogP contribution is 2.25. The van der Waals surface area contributed by atoms with Gasteiger partial charge in [-0.3, -0.25) is 4.79 Å². The molecule has 5 nitrogen and oxygen atoms in total. The lowest BCUT2D eigenvalue weighted by molar-refractivity contribution is 0.0951. The van der Waals surface area contributed by atoms with E-state index < -0.39 is 0 Å². The fourth-order valence-electron chi connectivity index (χ4n) is 2.49. The number of aromatic nitrogens is 2.